The molecular weight excluding hydrogens is 258 g/mol. The average Bonchev–Trinajstić information content (AvgIpc) is 2.43. The van der Waals surface area contributed by atoms with E-state index in [-0.39, 0.29) is 18.6 Å². The first kappa shape index (κ1) is 14.7. The first-order valence-corrected chi connectivity index (χ1v) is 6.85. The van der Waals surface area contributed by atoms with Crippen molar-refractivity contribution in [1.82, 2.24) is 4.90 Å². The smallest absolute Gasteiger partial charge is 0.257 e. The van der Waals surface area contributed by atoms with Gasteiger partial charge >= 0.3 is 0 Å². The molecule has 20 heavy (non-hydrogen) atoms. The number of benzene rings is 1. The lowest BCUT2D eigenvalue weighted by molar-refractivity contribution is 0.0522. The fourth-order valence-electron chi connectivity index (χ4n) is 2.39. The Kier molecular flexibility index (Phi) is 4.84. The zero-order chi connectivity index (χ0) is 14.5. The predicted octanol–water partition coefficient (Wildman–Crippen LogP) is 1.69. The minimum atomic E-state index is -0.0942. The maximum absolute atomic E-state index is 12.6. The lowest BCUT2D eigenvalue weighted by Crippen LogP contribution is -2.45. The zero-order valence-electron chi connectivity index (χ0n) is 12.0. The van der Waals surface area contributed by atoms with Crippen LogP contribution in [0.4, 0.5) is 0 Å². The molecule has 0 saturated heterocycles. The van der Waals surface area contributed by atoms with Crippen LogP contribution in [-0.4, -0.2) is 49.3 Å². The molecule has 1 N–H and O–H groups in total. The summed E-state index contributed by atoms with van der Waals surface area (Å²) in [4.78, 5) is 14.4. The summed E-state index contributed by atoms with van der Waals surface area (Å²) in [7, 11) is 3.11. The van der Waals surface area contributed by atoms with Crippen molar-refractivity contribution in [2.24, 2.45) is 0 Å². The van der Waals surface area contributed by atoms with Gasteiger partial charge in [0, 0.05) is 18.7 Å². The Balaban J connectivity index is 2.25. The molecule has 5 nitrogen and oxygen atoms in total. The Morgan fingerprint density at radius 3 is 2.60 bits per heavy atom. The first-order valence-electron chi connectivity index (χ1n) is 6.85. The quantitative estimate of drug-likeness (QED) is 0.861. The standard InChI is InChI=1S/C15H21NO4/c1-19-12-6-7-13(14(10-12)20-2)15(18)16(8-9-17)11-4-3-5-11/h6-7,10-11,17H,3-5,8-9H2,1-2H3. The van der Waals surface area contributed by atoms with Crippen LogP contribution >= 0.6 is 0 Å². The van der Waals surface area contributed by atoms with Gasteiger partial charge < -0.3 is 19.5 Å². The van der Waals surface area contributed by atoms with Crippen LogP contribution in [0.25, 0.3) is 0 Å². The van der Waals surface area contributed by atoms with E-state index >= 15 is 0 Å². The van der Waals surface area contributed by atoms with Crippen molar-refractivity contribution in [1.29, 1.82) is 0 Å². The molecule has 1 aliphatic carbocycles. The monoisotopic (exact) mass is 279 g/mol. The molecular formula is C15H21NO4. The summed E-state index contributed by atoms with van der Waals surface area (Å²) in [6.07, 6.45) is 3.15. The van der Waals surface area contributed by atoms with E-state index in [1.165, 1.54) is 7.11 Å². The molecule has 1 aromatic carbocycles. The number of amides is 1. The first-order chi connectivity index (χ1) is 9.71. The summed E-state index contributed by atoms with van der Waals surface area (Å²) in [5.41, 5.74) is 0.508. The molecule has 2 rings (SSSR count). The number of aliphatic hydroxyl groups is 1. The van der Waals surface area contributed by atoms with Crippen LogP contribution in [0.3, 0.4) is 0 Å². The molecule has 0 bridgehead atoms. The highest BCUT2D eigenvalue weighted by atomic mass is 16.5. The Hall–Kier alpha value is -1.75. The van der Waals surface area contributed by atoms with E-state index in [4.69, 9.17) is 14.6 Å². The zero-order valence-corrected chi connectivity index (χ0v) is 12.0. The number of hydrogen-bond donors (Lipinski definition) is 1. The highest BCUT2D eigenvalue weighted by Gasteiger charge is 2.30. The van der Waals surface area contributed by atoms with Gasteiger partial charge in [0.05, 0.1) is 26.4 Å². The van der Waals surface area contributed by atoms with Crippen LogP contribution in [0, 0.1) is 0 Å². The molecule has 1 saturated carbocycles. The Bertz CT molecular complexity index is 471. The van der Waals surface area contributed by atoms with Crippen molar-refractivity contribution < 1.29 is 19.4 Å². The van der Waals surface area contributed by atoms with Crippen LogP contribution in [-0.2, 0) is 0 Å². The van der Waals surface area contributed by atoms with Gasteiger partial charge in [0.2, 0.25) is 0 Å². The molecule has 0 atom stereocenters. The van der Waals surface area contributed by atoms with E-state index < -0.39 is 0 Å². The Labute approximate surface area is 119 Å². The van der Waals surface area contributed by atoms with Crippen molar-refractivity contribution in [2.75, 3.05) is 27.4 Å². The second kappa shape index (κ2) is 6.61. The number of rotatable bonds is 6. The molecule has 1 amide bonds. The molecule has 0 radical (unpaired) electrons. The molecule has 1 fully saturated rings. The summed E-state index contributed by atoms with van der Waals surface area (Å²) in [6.45, 7) is 0.333. The van der Waals surface area contributed by atoms with Gasteiger partial charge in [-0.25, -0.2) is 0 Å². The van der Waals surface area contributed by atoms with Gasteiger partial charge in [0.1, 0.15) is 11.5 Å². The van der Waals surface area contributed by atoms with Crippen molar-refractivity contribution in [3.63, 3.8) is 0 Å². The van der Waals surface area contributed by atoms with Gasteiger partial charge in [-0.15, -0.1) is 0 Å². The molecule has 0 aliphatic heterocycles. The van der Waals surface area contributed by atoms with Crippen molar-refractivity contribution in [3.05, 3.63) is 23.8 Å². The van der Waals surface area contributed by atoms with E-state index in [9.17, 15) is 4.79 Å². The summed E-state index contributed by atoms with van der Waals surface area (Å²) >= 11 is 0. The van der Waals surface area contributed by atoms with Gasteiger partial charge in [0.25, 0.3) is 5.91 Å². The van der Waals surface area contributed by atoms with Crippen LogP contribution in [0.1, 0.15) is 29.6 Å². The van der Waals surface area contributed by atoms with Gasteiger partial charge in [0.15, 0.2) is 0 Å². The highest BCUT2D eigenvalue weighted by Crippen LogP contribution is 2.30. The fourth-order valence-corrected chi connectivity index (χ4v) is 2.39. The number of carbonyl (C=O) groups is 1. The van der Waals surface area contributed by atoms with Crippen molar-refractivity contribution in [3.8, 4) is 11.5 Å². The van der Waals surface area contributed by atoms with E-state index in [1.807, 2.05) is 0 Å². The second-order valence-electron chi connectivity index (χ2n) is 4.87. The summed E-state index contributed by atoms with van der Waals surface area (Å²) < 4.78 is 10.4. The number of hydrogen-bond acceptors (Lipinski definition) is 4. The van der Waals surface area contributed by atoms with Gasteiger partial charge in [-0.2, -0.15) is 0 Å². The van der Waals surface area contributed by atoms with E-state index in [0.717, 1.165) is 19.3 Å². The van der Waals surface area contributed by atoms with E-state index in [1.54, 1.807) is 30.2 Å². The summed E-state index contributed by atoms with van der Waals surface area (Å²) in [5, 5.41) is 9.16. The van der Waals surface area contributed by atoms with E-state index in [2.05, 4.69) is 0 Å². The van der Waals surface area contributed by atoms with Gasteiger partial charge in [-0.05, 0) is 31.4 Å². The normalized spacial score (nSPS) is 14.6. The van der Waals surface area contributed by atoms with E-state index in [0.29, 0.717) is 23.6 Å². The molecule has 1 aromatic rings. The van der Waals surface area contributed by atoms with Crippen molar-refractivity contribution in [2.45, 2.75) is 25.3 Å². The lowest BCUT2D eigenvalue weighted by Gasteiger charge is -2.37. The van der Waals surface area contributed by atoms with Gasteiger partial charge in [-0.3, -0.25) is 4.79 Å². The third-order valence-corrected chi connectivity index (χ3v) is 3.76. The molecule has 1 aliphatic rings. The maximum Gasteiger partial charge on any atom is 0.257 e. The summed E-state index contributed by atoms with van der Waals surface area (Å²) in [6, 6.07) is 5.39. The largest absolute Gasteiger partial charge is 0.497 e. The summed E-state index contributed by atoms with van der Waals surface area (Å²) in [5.74, 6) is 1.05. The Morgan fingerprint density at radius 1 is 1.35 bits per heavy atom. The van der Waals surface area contributed by atoms with Crippen LogP contribution < -0.4 is 9.47 Å². The average molecular weight is 279 g/mol. The number of nitrogens with zero attached hydrogens (tertiary/aromatic N) is 1. The molecule has 0 spiro atoms. The molecule has 110 valence electrons. The predicted molar refractivity (Wildman–Crippen MR) is 75.3 cm³/mol. The third-order valence-electron chi connectivity index (χ3n) is 3.76. The number of methoxy groups -OCH3 is 2. The van der Waals surface area contributed by atoms with Crippen molar-refractivity contribution >= 4 is 5.91 Å². The minimum absolute atomic E-state index is 0.0271. The number of aliphatic hydroxyl groups excluding tert-OH is 1. The highest BCUT2D eigenvalue weighted by molar-refractivity contribution is 5.97. The molecule has 0 heterocycles. The maximum atomic E-state index is 12.6. The topological polar surface area (TPSA) is 59.0 Å². The number of ether oxygens (including phenoxy) is 2. The molecule has 0 unspecified atom stereocenters. The second-order valence-corrected chi connectivity index (χ2v) is 4.87. The fraction of sp³-hybridized carbons (Fsp3) is 0.533. The Morgan fingerprint density at radius 2 is 2.10 bits per heavy atom. The minimum Gasteiger partial charge on any atom is -0.497 e. The van der Waals surface area contributed by atoms with Crippen LogP contribution in [0.15, 0.2) is 18.2 Å². The molecule has 5 heteroatoms. The lowest BCUT2D eigenvalue weighted by atomic mass is 9.91. The molecule has 0 aromatic heterocycles. The van der Waals surface area contributed by atoms with Crippen LogP contribution in [0.5, 0.6) is 11.5 Å². The number of carbonyl (C=O) groups excluding carboxylic acids is 1. The SMILES string of the molecule is COc1ccc(C(=O)N(CCO)C2CCC2)c(OC)c1. The van der Waals surface area contributed by atoms with Gasteiger partial charge in [-0.1, -0.05) is 0 Å². The third kappa shape index (κ3) is 2.88. The van der Waals surface area contributed by atoms with Crippen LogP contribution in [0.2, 0.25) is 0 Å².